The minimum Gasteiger partial charge on any atom is -0.741 e. The molecule has 0 radical (unpaired) electrons. The van der Waals surface area contributed by atoms with Gasteiger partial charge in [0.25, 0.3) is 0 Å². The minimum absolute atomic E-state index is 0. The summed E-state index contributed by atoms with van der Waals surface area (Å²) in [6.07, 6.45) is 14.0. The molecule has 0 aromatic heterocycles. The Balaban J connectivity index is 0. The summed E-state index contributed by atoms with van der Waals surface area (Å²) in [6.45, 7) is 0. The zero-order valence-corrected chi connectivity index (χ0v) is 11.2. The van der Waals surface area contributed by atoms with Crippen LogP contribution in [0.15, 0.2) is 24.3 Å². The summed E-state index contributed by atoms with van der Waals surface area (Å²) in [5.74, 6) is 0. The summed E-state index contributed by atoms with van der Waals surface area (Å²) in [5.41, 5.74) is -5.65. The van der Waals surface area contributed by atoms with Crippen LogP contribution in [0.25, 0.3) is 0 Å². The molecular formula is C9H12F3O3RhS. The second-order valence-electron chi connectivity index (χ2n) is 3.04. The van der Waals surface area contributed by atoms with Crippen molar-refractivity contribution in [2.75, 3.05) is 0 Å². The first kappa shape index (κ1) is 19.2. The standard InChI is InChI=1S/C8H12.CHF3O3S.Rh/c1-2-4-6-8-7-5-3-1;2-1(3,4)8(5,6)7;/h1-4H,5-8H2;(H,5,6,7);/q;;+1/p-1/b3-1-,4-2-;;. The molecule has 0 saturated heterocycles. The van der Waals surface area contributed by atoms with Crippen LogP contribution in [0.5, 0.6) is 0 Å². The van der Waals surface area contributed by atoms with Crippen LogP contribution in [0.3, 0.4) is 0 Å². The molecule has 0 aliphatic heterocycles. The molecule has 0 unspecified atom stereocenters. The summed E-state index contributed by atoms with van der Waals surface area (Å²) in [7, 11) is -6.09. The van der Waals surface area contributed by atoms with Crippen molar-refractivity contribution in [2.45, 2.75) is 31.2 Å². The smallest absolute Gasteiger partial charge is 0.741 e. The normalized spacial score (nSPS) is 19.8. The molecule has 1 rings (SSSR count). The monoisotopic (exact) mass is 360 g/mol. The molecule has 3 nitrogen and oxygen atoms in total. The maximum atomic E-state index is 10.7. The maximum absolute atomic E-state index is 10.7. The molecule has 0 aromatic carbocycles. The summed E-state index contributed by atoms with van der Waals surface area (Å²) < 4.78 is 58.9. The number of alkyl halides is 3. The summed E-state index contributed by atoms with van der Waals surface area (Å²) in [4.78, 5) is 0. The van der Waals surface area contributed by atoms with Crippen molar-refractivity contribution < 1.29 is 45.6 Å². The van der Waals surface area contributed by atoms with Crippen molar-refractivity contribution >= 4 is 10.1 Å². The molecule has 0 spiro atoms. The van der Waals surface area contributed by atoms with Crippen molar-refractivity contribution in [1.29, 1.82) is 0 Å². The Bertz CT molecular complexity index is 333. The number of hydrogen-bond donors (Lipinski definition) is 0. The van der Waals surface area contributed by atoms with Crippen molar-refractivity contribution in [3.8, 4) is 0 Å². The third-order valence-electron chi connectivity index (χ3n) is 1.66. The van der Waals surface area contributed by atoms with E-state index in [0.29, 0.717) is 0 Å². The number of hydrogen-bond acceptors (Lipinski definition) is 3. The topological polar surface area (TPSA) is 57.2 Å². The maximum Gasteiger partial charge on any atom is 1.00 e. The summed E-state index contributed by atoms with van der Waals surface area (Å²) in [5, 5.41) is 0. The van der Waals surface area contributed by atoms with Crippen molar-refractivity contribution in [3.63, 3.8) is 0 Å². The van der Waals surface area contributed by atoms with Crippen molar-refractivity contribution in [2.24, 2.45) is 0 Å². The molecule has 0 heterocycles. The molecule has 1 aliphatic carbocycles. The molecule has 17 heavy (non-hydrogen) atoms. The fraction of sp³-hybridized carbons (Fsp3) is 0.556. The SMILES string of the molecule is C1=C\CCCC\C=C/1.O=S(=O)([O-])C(F)(F)F.[Rh+]. The number of halogens is 3. The first-order chi connectivity index (χ1) is 7.25. The van der Waals surface area contributed by atoms with Gasteiger partial charge in [-0.1, -0.05) is 24.3 Å². The van der Waals surface area contributed by atoms with Crippen molar-refractivity contribution in [1.82, 2.24) is 0 Å². The third-order valence-corrected chi connectivity index (χ3v) is 2.23. The largest absolute Gasteiger partial charge is 1.00 e. The van der Waals surface area contributed by atoms with Crippen LogP contribution < -0.4 is 0 Å². The molecule has 0 bridgehead atoms. The van der Waals surface area contributed by atoms with Gasteiger partial charge in [0.1, 0.15) is 0 Å². The fourth-order valence-corrected chi connectivity index (χ4v) is 0.874. The Kier molecular flexibility index (Phi) is 9.95. The van der Waals surface area contributed by atoms with E-state index in [0.717, 1.165) is 0 Å². The number of rotatable bonds is 0. The predicted octanol–water partition coefficient (Wildman–Crippen LogP) is 2.72. The predicted molar refractivity (Wildman–Crippen MR) is 52.5 cm³/mol. The van der Waals surface area contributed by atoms with Crippen molar-refractivity contribution in [3.05, 3.63) is 24.3 Å². The van der Waals surface area contributed by atoms with Gasteiger partial charge in [-0.3, -0.25) is 0 Å². The van der Waals surface area contributed by atoms with Gasteiger partial charge in [0.2, 0.25) is 0 Å². The van der Waals surface area contributed by atoms with Gasteiger partial charge in [0.15, 0.2) is 10.1 Å². The van der Waals surface area contributed by atoms with Gasteiger partial charge >= 0.3 is 25.0 Å². The molecule has 8 heteroatoms. The summed E-state index contributed by atoms with van der Waals surface area (Å²) >= 11 is 0. The second-order valence-corrected chi connectivity index (χ2v) is 4.41. The minimum atomic E-state index is -6.09. The fourth-order valence-electron chi connectivity index (χ4n) is 0.874. The van der Waals surface area contributed by atoms with E-state index in [1.165, 1.54) is 25.7 Å². The van der Waals surface area contributed by atoms with Gasteiger partial charge in [-0.05, 0) is 25.7 Å². The molecule has 0 amide bonds. The Labute approximate surface area is 111 Å². The van der Waals surface area contributed by atoms with E-state index >= 15 is 0 Å². The van der Waals surface area contributed by atoms with E-state index in [1.807, 2.05) is 0 Å². The van der Waals surface area contributed by atoms with E-state index in [9.17, 15) is 13.2 Å². The van der Waals surface area contributed by atoms with Crippen LogP contribution in [0.1, 0.15) is 25.7 Å². The van der Waals surface area contributed by atoms with Gasteiger partial charge in [-0.15, -0.1) is 0 Å². The average molecular weight is 360 g/mol. The van der Waals surface area contributed by atoms with E-state index in [4.69, 9.17) is 13.0 Å². The molecule has 0 fully saturated rings. The van der Waals surface area contributed by atoms with Crippen LogP contribution in [0.4, 0.5) is 13.2 Å². The Morgan fingerprint density at radius 2 is 1.29 bits per heavy atom. The van der Waals surface area contributed by atoms with E-state index in [1.54, 1.807) is 0 Å². The quantitative estimate of drug-likeness (QED) is 0.379. The van der Waals surface area contributed by atoms with E-state index < -0.39 is 15.6 Å². The van der Waals surface area contributed by atoms with Gasteiger partial charge < -0.3 is 4.55 Å². The molecule has 0 saturated carbocycles. The van der Waals surface area contributed by atoms with Gasteiger partial charge in [-0.2, -0.15) is 13.2 Å². The average Bonchev–Trinajstić information content (AvgIpc) is 1.98. The molecule has 102 valence electrons. The molecule has 0 N–H and O–H groups in total. The molecular weight excluding hydrogens is 348 g/mol. The van der Waals surface area contributed by atoms with Crippen LogP contribution in [0.2, 0.25) is 0 Å². The van der Waals surface area contributed by atoms with Crippen LogP contribution in [-0.2, 0) is 29.6 Å². The Morgan fingerprint density at radius 3 is 1.53 bits per heavy atom. The Hall–Kier alpha value is -0.197. The Morgan fingerprint density at radius 1 is 1.00 bits per heavy atom. The van der Waals surface area contributed by atoms with E-state index in [2.05, 4.69) is 24.3 Å². The van der Waals surface area contributed by atoms with Crippen LogP contribution in [-0.4, -0.2) is 18.5 Å². The first-order valence-corrected chi connectivity index (χ1v) is 6.00. The molecule has 1 aliphatic rings. The van der Waals surface area contributed by atoms with Crippen LogP contribution >= 0.6 is 0 Å². The zero-order valence-electron chi connectivity index (χ0n) is 8.74. The molecule has 0 atom stereocenters. The third kappa shape index (κ3) is 10.7. The number of allylic oxidation sites excluding steroid dienone is 4. The van der Waals surface area contributed by atoms with Gasteiger partial charge in [-0.25, -0.2) is 8.42 Å². The first-order valence-electron chi connectivity index (χ1n) is 4.59. The van der Waals surface area contributed by atoms with Gasteiger partial charge in [0.05, 0.1) is 0 Å². The van der Waals surface area contributed by atoms with Crippen LogP contribution in [0, 0.1) is 0 Å². The molecule has 0 aromatic rings. The zero-order chi connectivity index (χ0) is 12.7. The van der Waals surface area contributed by atoms with Gasteiger partial charge in [0, 0.05) is 0 Å². The summed E-state index contributed by atoms with van der Waals surface area (Å²) in [6, 6.07) is 0. The second kappa shape index (κ2) is 8.83. The van der Waals surface area contributed by atoms with E-state index in [-0.39, 0.29) is 19.5 Å².